The number of sulfonamides is 1. The molecule has 6 heteroatoms. The van der Waals surface area contributed by atoms with Crippen LogP contribution in [0.1, 0.15) is 74.2 Å². The van der Waals surface area contributed by atoms with E-state index in [1.165, 1.54) is 12.5 Å². The van der Waals surface area contributed by atoms with Crippen molar-refractivity contribution in [2.75, 3.05) is 6.54 Å². The SMILES string of the molecule is CCCCCNS(=O)(=O)c1ccc(C)c(C(=O)NC2CCCCC2)c1. The minimum atomic E-state index is -3.58. The maximum atomic E-state index is 12.6. The molecule has 2 rings (SSSR count). The fourth-order valence-corrected chi connectivity index (χ4v) is 4.29. The second kappa shape index (κ2) is 9.34. The molecule has 0 aliphatic heterocycles. The van der Waals surface area contributed by atoms with Gasteiger partial charge in [-0.2, -0.15) is 0 Å². The van der Waals surface area contributed by atoms with Crippen LogP contribution in [0.15, 0.2) is 23.1 Å². The van der Waals surface area contributed by atoms with E-state index in [0.717, 1.165) is 50.5 Å². The molecule has 1 aromatic carbocycles. The van der Waals surface area contributed by atoms with Gasteiger partial charge in [0, 0.05) is 18.2 Å². The summed E-state index contributed by atoms with van der Waals surface area (Å²) in [6.07, 6.45) is 8.35. The van der Waals surface area contributed by atoms with Crippen LogP contribution in [0, 0.1) is 6.92 Å². The number of hydrogen-bond donors (Lipinski definition) is 2. The Labute approximate surface area is 151 Å². The molecule has 2 N–H and O–H groups in total. The zero-order chi connectivity index (χ0) is 18.3. The van der Waals surface area contributed by atoms with Crippen LogP contribution in [0.2, 0.25) is 0 Å². The maximum absolute atomic E-state index is 12.6. The first-order valence-corrected chi connectivity index (χ1v) is 10.8. The predicted molar refractivity (Wildman–Crippen MR) is 100 cm³/mol. The summed E-state index contributed by atoms with van der Waals surface area (Å²) in [4.78, 5) is 12.7. The normalized spacial score (nSPS) is 15.9. The predicted octanol–water partition coefficient (Wildman–Crippen LogP) is 3.53. The van der Waals surface area contributed by atoms with Crippen molar-refractivity contribution in [2.24, 2.45) is 0 Å². The molecule has 1 fully saturated rings. The smallest absolute Gasteiger partial charge is 0.251 e. The Morgan fingerprint density at radius 2 is 1.88 bits per heavy atom. The van der Waals surface area contributed by atoms with Crippen molar-refractivity contribution in [3.05, 3.63) is 29.3 Å². The Morgan fingerprint density at radius 3 is 2.56 bits per heavy atom. The highest BCUT2D eigenvalue weighted by molar-refractivity contribution is 7.89. The summed E-state index contributed by atoms with van der Waals surface area (Å²) in [7, 11) is -3.58. The summed E-state index contributed by atoms with van der Waals surface area (Å²) in [5.41, 5.74) is 1.24. The lowest BCUT2D eigenvalue weighted by Crippen LogP contribution is -2.36. The lowest BCUT2D eigenvalue weighted by atomic mass is 9.95. The van der Waals surface area contributed by atoms with Crippen molar-refractivity contribution in [1.82, 2.24) is 10.0 Å². The van der Waals surface area contributed by atoms with Gasteiger partial charge in [0.1, 0.15) is 0 Å². The fraction of sp³-hybridized carbons (Fsp3) is 0.632. The van der Waals surface area contributed by atoms with Crippen molar-refractivity contribution in [2.45, 2.75) is 76.2 Å². The average Bonchev–Trinajstić information content (AvgIpc) is 2.60. The molecule has 1 aromatic rings. The summed E-state index contributed by atoms with van der Waals surface area (Å²) in [5.74, 6) is -0.174. The van der Waals surface area contributed by atoms with E-state index >= 15 is 0 Å². The topological polar surface area (TPSA) is 75.3 Å². The number of unbranched alkanes of at least 4 members (excludes halogenated alkanes) is 2. The first-order valence-electron chi connectivity index (χ1n) is 9.35. The third-order valence-corrected chi connectivity index (χ3v) is 6.24. The van der Waals surface area contributed by atoms with Gasteiger partial charge < -0.3 is 5.32 Å². The summed E-state index contributed by atoms with van der Waals surface area (Å²) in [6.45, 7) is 4.33. The van der Waals surface area contributed by atoms with E-state index in [9.17, 15) is 13.2 Å². The van der Waals surface area contributed by atoms with Gasteiger partial charge in [0.15, 0.2) is 0 Å². The van der Waals surface area contributed by atoms with Crippen LogP contribution in [0.4, 0.5) is 0 Å². The largest absolute Gasteiger partial charge is 0.349 e. The number of carbonyl (C=O) groups is 1. The zero-order valence-electron chi connectivity index (χ0n) is 15.3. The Balaban J connectivity index is 2.09. The third kappa shape index (κ3) is 5.82. The number of hydrogen-bond acceptors (Lipinski definition) is 3. The van der Waals surface area contributed by atoms with Gasteiger partial charge in [-0.3, -0.25) is 4.79 Å². The highest BCUT2D eigenvalue weighted by Gasteiger charge is 2.20. The summed E-state index contributed by atoms with van der Waals surface area (Å²) >= 11 is 0. The van der Waals surface area contributed by atoms with Gasteiger partial charge >= 0.3 is 0 Å². The lowest BCUT2D eigenvalue weighted by molar-refractivity contribution is 0.0927. The molecular weight excluding hydrogens is 336 g/mol. The number of benzene rings is 1. The Bertz CT molecular complexity index is 680. The molecule has 25 heavy (non-hydrogen) atoms. The monoisotopic (exact) mass is 366 g/mol. The van der Waals surface area contributed by atoms with Crippen LogP contribution >= 0.6 is 0 Å². The first-order chi connectivity index (χ1) is 11.9. The number of rotatable bonds is 8. The average molecular weight is 367 g/mol. The fourth-order valence-electron chi connectivity index (χ4n) is 3.19. The molecule has 1 aliphatic rings. The molecule has 1 aliphatic carbocycles. The van der Waals surface area contributed by atoms with E-state index < -0.39 is 10.0 Å². The van der Waals surface area contributed by atoms with Gasteiger partial charge in [0.05, 0.1) is 4.90 Å². The molecule has 1 saturated carbocycles. The molecule has 0 unspecified atom stereocenters. The van der Waals surface area contributed by atoms with Crippen molar-refractivity contribution in [3.63, 3.8) is 0 Å². The molecule has 5 nitrogen and oxygen atoms in total. The quantitative estimate of drug-likeness (QED) is 0.691. The van der Waals surface area contributed by atoms with Crippen molar-refractivity contribution in [3.8, 4) is 0 Å². The summed E-state index contributed by atoms with van der Waals surface area (Å²) in [6, 6.07) is 4.97. The summed E-state index contributed by atoms with van der Waals surface area (Å²) < 4.78 is 27.5. The van der Waals surface area contributed by atoms with Crippen LogP contribution in [-0.2, 0) is 10.0 Å². The lowest BCUT2D eigenvalue weighted by Gasteiger charge is -2.23. The van der Waals surface area contributed by atoms with Gasteiger partial charge in [0.25, 0.3) is 5.91 Å². The van der Waals surface area contributed by atoms with E-state index in [0.29, 0.717) is 12.1 Å². The van der Waals surface area contributed by atoms with Gasteiger partial charge in [-0.05, 0) is 43.9 Å². The molecule has 140 valence electrons. The van der Waals surface area contributed by atoms with Gasteiger partial charge in [-0.25, -0.2) is 13.1 Å². The second-order valence-corrected chi connectivity index (χ2v) is 8.66. The minimum absolute atomic E-state index is 0.156. The highest BCUT2D eigenvalue weighted by atomic mass is 32.2. The van der Waals surface area contributed by atoms with Crippen molar-refractivity contribution >= 4 is 15.9 Å². The van der Waals surface area contributed by atoms with Crippen molar-refractivity contribution in [1.29, 1.82) is 0 Å². The Hall–Kier alpha value is -1.40. The molecule has 0 heterocycles. The van der Waals surface area contributed by atoms with E-state index in [1.54, 1.807) is 12.1 Å². The molecule has 1 amide bonds. The minimum Gasteiger partial charge on any atom is -0.349 e. The van der Waals surface area contributed by atoms with Crippen LogP contribution in [0.3, 0.4) is 0 Å². The molecule has 0 aromatic heterocycles. The molecular formula is C19H30N2O3S. The van der Waals surface area contributed by atoms with Crippen LogP contribution in [-0.4, -0.2) is 26.9 Å². The van der Waals surface area contributed by atoms with E-state index in [-0.39, 0.29) is 16.8 Å². The standard InChI is InChI=1S/C19H30N2O3S/c1-3-4-8-13-20-25(23,24)17-12-11-15(2)18(14-17)19(22)21-16-9-6-5-7-10-16/h11-12,14,16,20H,3-10,13H2,1-2H3,(H,21,22). The Morgan fingerprint density at radius 1 is 1.16 bits per heavy atom. The van der Waals surface area contributed by atoms with Gasteiger partial charge in [-0.1, -0.05) is 45.1 Å². The Kier molecular flexibility index (Phi) is 7.44. The first kappa shape index (κ1) is 19.9. The van der Waals surface area contributed by atoms with Crippen LogP contribution in [0.5, 0.6) is 0 Å². The van der Waals surface area contributed by atoms with E-state index in [4.69, 9.17) is 0 Å². The van der Waals surface area contributed by atoms with Crippen LogP contribution < -0.4 is 10.0 Å². The molecule has 0 bridgehead atoms. The van der Waals surface area contributed by atoms with Gasteiger partial charge in [-0.15, -0.1) is 0 Å². The van der Waals surface area contributed by atoms with Gasteiger partial charge in [0.2, 0.25) is 10.0 Å². The number of amides is 1. The summed E-state index contributed by atoms with van der Waals surface area (Å²) in [5, 5.41) is 3.06. The molecule has 0 radical (unpaired) electrons. The second-order valence-electron chi connectivity index (χ2n) is 6.89. The molecule has 0 spiro atoms. The highest BCUT2D eigenvalue weighted by Crippen LogP contribution is 2.20. The number of aryl methyl sites for hydroxylation is 1. The number of nitrogens with one attached hydrogen (secondary N) is 2. The van der Waals surface area contributed by atoms with Crippen molar-refractivity contribution < 1.29 is 13.2 Å². The maximum Gasteiger partial charge on any atom is 0.251 e. The van der Waals surface area contributed by atoms with E-state index in [2.05, 4.69) is 17.0 Å². The zero-order valence-corrected chi connectivity index (χ0v) is 16.1. The number of carbonyl (C=O) groups excluding carboxylic acids is 1. The van der Waals surface area contributed by atoms with Crippen LogP contribution in [0.25, 0.3) is 0 Å². The molecule has 0 saturated heterocycles. The molecule has 0 atom stereocenters. The van der Waals surface area contributed by atoms with E-state index in [1.807, 2.05) is 6.92 Å². The third-order valence-electron chi connectivity index (χ3n) is 4.78.